The molecule has 1 fully saturated rings. The van der Waals surface area contributed by atoms with Gasteiger partial charge in [-0.05, 0) is 12.8 Å². The molecule has 0 bridgehead atoms. The van der Waals surface area contributed by atoms with Crippen LogP contribution in [0, 0.1) is 0 Å². The summed E-state index contributed by atoms with van der Waals surface area (Å²) in [5.74, 6) is 0. The van der Waals surface area contributed by atoms with E-state index < -0.39 is 10.2 Å². The van der Waals surface area contributed by atoms with Crippen molar-refractivity contribution in [2.24, 2.45) is 0 Å². The molecule has 1 aromatic heterocycles. The summed E-state index contributed by atoms with van der Waals surface area (Å²) in [7, 11) is -1.69. The maximum atomic E-state index is 12.1. The number of aromatic amines is 1. The van der Waals surface area contributed by atoms with Gasteiger partial charge in [-0.2, -0.15) is 12.7 Å². The summed E-state index contributed by atoms with van der Waals surface area (Å²) in [4.78, 5) is 6.86. The maximum absolute atomic E-state index is 12.1. The third-order valence-corrected chi connectivity index (χ3v) is 5.33. The van der Waals surface area contributed by atoms with Crippen molar-refractivity contribution in [1.82, 2.24) is 19.0 Å². The lowest BCUT2D eigenvalue weighted by Gasteiger charge is -2.30. The first kappa shape index (κ1) is 14.5. The highest BCUT2D eigenvalue weighted by molar-refractivity contribution is 7.87. The van der Waals surface area contributed by atoms with Gasteiger partial charge in [0.05, 0.1) is 6.33 Å². The topological polar surface area (TPSA) is 78.1 Å². The Morgan fingerprint density at radius 1 is 1.42 bits per heavy atom. The zero-order valence-electron chi connectivity index (χ0n) is 11.3. The van der Waals surface area contributed by atoms with Crippen LogP contribution in [-0.4, -0.2) is 42.3 Å². The van der Waals surface area contributed by atoms with Crippen molar-refractivity contribution >= 4 is 10.2 Å². The van der Waals surface area contributed by atoms with Crippen molar-refractivity contribution in [1.29, 1.82) is 0 Å². The molecule has 2 rings (SSSR count). The van der Waals surface area contributed by atoms with Crippen molar-refractivity contribution in [2.45, 2.75) is 44.6 Å². The molecule has 1 aliphatic carbocycles. The summed E-state index contributed by atoms with van der Waals surface area (Å²) < 4.78 is 28.4. The van der Waals surface area contributed by atoms with E-state index in [1.54, 1.807) is 19.6 Å². The molecule has 6 nitrogen and oxygen atoms in total. The van der Waals surface area contributed by atoms with E-state index in [0.717, 1.165) is 31.4 Å². The summed E-state index contributed by atoms with van der Waals surface area (Å²) in [5, 5.41) is 0. The van der Waals surface area contributed by atoms with Crippen LogP contribution in [0.1, 0.15) is 37.8 Å². The molecule has 0 atom stereocenters. The Kier molecular flexibility index (Phi) is 4.95. The Morgan fingerprint density at radius 3 is 2.79 bits per heavy atom. The van der Waals surface area contributed by atoms with Gasteiger partial charge in [0.1, 0.15) is 0 Å². The highest BCUT2D eigenvalue weighted by Gasteiger charge is 2.26. The standard InChI is InChI=1S/C12H22N4O2S/c1-16(12-5-3-2-4-6-12)19(17,18)15-8-7-11-9-13-10-14-11/h9-10,12,15H,2-8H2,1H3,(H,13,14). The van der Waals surface area contributed by atoms with Crippen LogP contribution >= 0.6 is 0 Å². The molecule has 1 heterocycles. The average Bonchev–Trinajstić information content (AvgIpc) is 2.92. The van der Waals surface area contributed by atoms with Crippen molar-refractivity contribution in [3.8, 4) is 0 Å². The third kappa shape index (κ3) is 4.02. The minimum absolute atomic E-state index is 0.151. The Labute approximate surface area is 114 Å². The van der Waals surface area contributed by atoms with Crippen LogP contribution in [-0.2, 0) is 16.6 Å². The van der Waals surface area contributed by atoms with Crippen molar-refractivity contribution in [2.75, 3.05) is 13.6 Å². The number of nitrogens with one attached hydrogen (secondary N) is 2. The number of aromatic nitrogens is 2. The van der Waals surface area contributed by atoms with Gasteiger partial charge < -0.3 is 4.98 Å². The molecule has 0 aliphatic heterocycles. The molecule has 2 N–H and O–H groups in total. The largest absolute Gasteiger partial charge is 0.348 e. The number of imidazole rings is 1. The zero-order chi connectivity index (χ0) is 13.7. The third-order valence-electron chi connectivity index (χ3n) is 3.70. The maximum Gasteiger partial charge on any atom is 0.279 e. The molecule has 0 saturated heterocycles. The van der Waals surface area contributed by atoms with E-state index in [1.165, 1.54) is 10.7 Å². The minimum atomic E-state index is -3.36. The molecule has 1 aromatic rings. The second-order valence-corrected chi connectivity index (χ2v) is 6.85. The molecule has 0 amide bonds. The highest BCUT2D eigenvalue weighted by atomic mass is 32.2. The number of nitrogens with zero attached hydrogens (tertiary/aromatic N) is 2. The molecule has 1 saturated carbocycles. The minimum Gasteiger partial charge on any atom is -0.348 e. The van der Waals surface area contributed by atoms with E-state index in [2.05, 4.69) is 14.7 Å². The van der Waals surface area contributed by atoms with Gasteiger partial charge in [0.2, 0.25) is 0 Å². The lowest BCUT2D eigenvalue weighted by Crippen LogP contribution is -2.45. The number of hydrogen-bond acceptors (Lipinski definition) is 3. The number of rotatable bonds is 6. The molecule has 0 radical (unpaired) electrons. The predicted octanol–water partition coefficient (Wildman–Crippen LogP) is 1.05. The molecular weight excluding hydrogens is 264 g/mol. The van der Waals surface area contributed by atoms with Crippen molar-refractivity contribution < 1.29 is 8.42 Å². The van der Waals surface area contributed by atoms with E-state index in [1.807, 2.05) is 0 Å². The van der Waals surface area contributed by atoms with Gasteiger partial charge in [-0.15, -0.1) is 0 Å². The molecule has 0 aromatic carbocycles. The van der Waals surface area contributed by atoms with Crippen molar-refractivity contribution in [3.05, 3.63) is 18.2 Å². The Bertz CT molecular complexity index is 466. The highest BCUT2D eigenvalue weighted by Crippen LogP contribution is 2.22. The lowest BCUT2D eigenvalue weighted by molar-refractivity contribution is 0.283. The van der Waals surface area contributed by atoms with E-state index in [9.17, 15) is 8.42 Å². The molecule has 108 valence electrons. The SMILES string of the molecule is CN(C1CCCCC1)S(=O)(=O)NCCc1cnc[nH]1. The van der Waals surface area contributed by atoms with E-state index in [4.69, 9.17) is 0 Å². The normalized spacial score (nSPS) is 18.0. The smallest absolute Gasteiger partial charge is 0.279 e. The Hall–Kier alpha value is -0.920. The second kappa shape index (κ2) is 6.49. The first-order valence-electron chi connectivity index (χ1n) is 6.79. The van der Waals surface area contributed by atoms with E-state index >= 15 is 0 Å². The first-order chi connectivity index (χ1) is 9.09. The first-order valence-corrected chi connectivity index (χ1v) is 8.23. The Balaban J connectivity index is 1.83. The van der Waals surface area contributed by atoms with Gasteiger partial charge in [-0.1, -0.05) is 19.3 Å². The van der Waals surface area contributed by atoms with Crippen LogP contribution in [0.15, 0.2) is 12.5 Å². The summed E-state index contributed by atoms with van der Waals surface area (Å²) in [6.45, 7) is 0.390. The fourth-order valence-electron chi connectivity index (χ4n) is 2.48. The monoisotopic (exact) mass is 286 g/mol. The number of hydrogen-bond donors (Lipinski definition) is 2. The fourth-order valence-corrected chi connectivity index (χ4v) is 3.65. The summed E-state index contributed by atoms with van der Waals surface area (Å²) in [6.07, 6.45) is 9.33. The predicted molar refractivity (Wildman–Crippen MR) is 73.9 cm³/mol. The quantitative estimate of drug-likeness (QED) is 0.820. The van der Waals surface area contributed by atoms with Crippen LogP contribution in [0.4, 0.5) is 0 Å². The van der Waals surface area contributed by atoms with Gasteiger partial charge in [0.15, 0.2) is 0 Å². The van der Waals surface area contributed by atoms with Crippen LogP contribution in [0.25, 0.3) is 0 Å². The summed E-state index contributed by atoms with van der Waals surface area (Å²) in [6, 6.07) is 0.151. The molecule has 1 aliphatic rings. The van der Waals surface area contributed by atoms with Crippen LogP contribution in [0.2, 0.25) is 0 Å². The van der Waals surface area contributed by atoms with Gasteiger partial charge in [0.25, 0.3) is 10.2 Å². The van der Waals surface area contributed by atoms with E-state index in [-0.39, 0.29) is 6.04 Å². The Morgan fingerprint density at radius 2 is 2.16 bits per heavy atom. The average molecular weight is 286 g/mol. The van der Waals surface area contributed by atoms with Gasteiger partial charge >= 0.3 is 0 Å². The summed E-state index contributed by atoms with van der Waals surface area (Å²) >= 11 is 0. The van der Waals surface area contributed by atoms with Gasteiger partial charge in [-0.3, -0.25) is 0 Å². The van der Waals surface area contributed by atoms with Crippen LogP contribution < -0.4 is 4.72 Å². The molecule has 19 heavy (non-hydrogen) atoms. The molecular formula is C12H22N4O2S. The lowest BCUT2D eigenvalue weighted by atomic mass is 9.96. The molecule has 7 heteroatoms. The molecule has 0 unspecified atom stereocenters. The van der Waals surface area contributed by atoms with Gasteiger partial charge in [-0.25, -0.2) is 9.71 Å². The zero-order valence-corrected chi connectivity index (χ0v) is 12.1. The van der Waals surface area contributed by atoms with Crippen LogP contribution in [0.3, 0.4) is 0 Å². The van der Waals surface area contributed by atoms with Crippen molar-refractivity contribution in [3.63, 3.8) is 0 Å². The molecule has 0 spiro atoms. The second-order valence-electron chi connectivity index (χ2n) is 5.03. The summed E-state index contributed by atoms with van der Waals surface area (Å²) in [5.41, 5.74) is 0.933. The fraction of sp³-hybridized carbons (Fsp3) is 0.750. The number of H-pyrrole nitrogens is 1. The van der Waals surface area contributed by atoms with Crippen LogP contribution in [0.5, 0.6) is 0 Å². The van der Waals surface area contributed by atoms with E-state index in [0.29, 0.717) is 13.0 Å². The van der Waals surface area contributed by atoms with Gasteiger partial charge in [0, 0.05) is 37.9 Å².